The first-order chi connectivity index (χ1) is 11.1. The van der Waals surface area contributed by atoms with E-state index in [1.807, 2.05) is 0 Å². The van der Waals surface area contributed by atoms with Crippen molar-refractivity contribution in [3.63, 3.8) is 0 Å². The number of nitrogens with zero attached hydrogens (tertiary/aromatic N) is 1. The quantitative estimate of drug-likeness (QED) is 0.576. The third-order valence-electron chi connectivity index (χ3n) is 3.99. The van der Waals surface area contributed by atoms with Crippen LogP contribution in [-0.4, -0.2) is 45.4 Å². The van der Waals surface area contributed by atoms with Crippen molar-refractivity contribution >= 4 is 0 Å². The smallest absolute Gasteiger partial charge is 0.119 e. The van der Waals surface area contributed by atoms with Gasteiger partial charge in [-0.3, -0.25) is 0 Å². The molecule has 3 nitrogen and oxygen atoms in total. The summed E-state index contributed by atoms with van der Waals surface area (Å²) in [4.78, 5) is 2.12. The molecule has 0 aliphatic rings. The van der Waals surface area contributed by atoms with Gasteiger partial charge in [0.2, 0.25) is 0 Å². The zero-order chi connectivity index (χ0) is 18.2. The Morgan fingerprint density at radius 1 is 0.875 bits per heavy atom. The lowest BCUT2D eigenvalue weighted by Crippen LogP contribution is -2.24. The summed E-state index contributed by atoms with van der Waals surface area (Å²) < 4.78 is 11.4. The Kier molecular flexibility index (Phi) is 8.24. The van der Waals surface area contributed by atoms with Crippen molar-refractivity contribution in [2.45, 2.75) is 52.9 Å². The number of hydrogen-bond acceptors (Lipinski definition) is 3. The number of likely N-dealkylation sites (N-methyl/N-ethyl adjacent to an activating group) is 1. The minimum Gasteiger partial charge on any atom is -0.494 e. The molecule has 0 bridgehead atoms. The van der Waals surface area contributed by atoms with Crippen molar-refractivity contribution in [1.29, 1.82) is 0 Å². The fourth-order valence-corrected chi connectivity index (χ4v) is 3.13. The molecular formula is C21H37NO2. The van der Waals surface area contributed by atoms with Crippen LogP contribution in [0.3, 0.4) is 0 Å². The van der Waals surface area contributed by atoms with Crippen LogP contribution in [0.15, 0.2) is 24.3 Å². The van der Waals surface area contributed by atoms with Gasteiger partial charge in [0.25, 0.3) is 0 Å². The van der Waals surface area contributed by atoms with Crippen molar-refractivity contribution in [2.75, 3.05) is 40.5 Å². The highest BCUT2D eigenvalue weighted by Gasteiger charge is 2.27. The van der Waals surface area contributed by atoms with Gasteiger partial charge in [-0.15, -0.1) is 0 Å². The van der Waals surface area contributed by atoms with E-state index < -0.39 is 0 Å². The summed E-state index contributed by atoms with van der Waals surface area (Å²) in [6, 6.07) is 8.59. The predicted octanol–water partition coefficient (Wildman–Crippen LogP) is 4.75. The molecule has 0 spiro atoms. The summed E-state index contributed by atoms with van der Waals surface area (Å²) in [5, 5.41) is 0. The molecule has 0 heterocycles. The molecule has 0 radical (unpaired) electrons. The number of hydrogen-bond donors (Lipinski definition) is 0. The molecule has 0 aliphatic heterocycles. The molecule has 24 heavy (non-hydrogen) atoms. The molecule has 0 fully saturated rings. The van der Waals surface area contributed by atoms with E-state index >= 15 is 0 Å². The van der Waals surface area contributed by atoms with E-state index in [1.165, 1.54) is 5.56 Å². The van der Waals surface area contributed by atoms with Crippen LogP contribution in [-0.2, 0) is 10.2 Å². The van der Waals surface area contributed by atoms with Crippen LogP contribution < -0.4 is 4.74 Å². The Hall–Kier alpha value is -1.06. The molecule has 138 valence electrons. The summed E-state index contributed by atoms with van der Waals surface area (Å²) in [5.41, 5.74) is 1.87. The van der Waals surface area contributed by atoms with E-state index in [0.29, 0.717) is 12.0 Å². The molecule has 0 atom stereocenters. The van der Waals surface area contributed by atoms with Crippen LogP contribution in [0, 0.1) is 5.41 Å². The third-order valence-corrected chi connectivity index (χ3v) is 3.99. The van der Waals surface area contributed by atoms with Gasteiger partial charge in [0, 0.05) is 19.6 Å². The topological polar surface area (TPSA) is 21.7 Å². The minimum atomic E-state index is 0.178. The molecule has 3 heteroatoms. The molecule has 0 aliphatic carbocycles. The predicted molar refractivity (Wildman–Crippen MR) is 103 cm³/mol. The third kappa shape index (κ3) is 8.70. The van der Waals surface area contributed by atoms with Gasteiger partial charge in [-0.25, -0.2) is 0 Å². The molecule has 0 amide bonds. The number of ether oxygens (including phenoxy) is 2. The van der Waals surface area contributed by atoms with Gasteiger partial charge in [-0.1, -0.05) is 46.8 Å². The van der Waals surface area contributed by atoms with E-state index in [4.69, 9.17) is 9.47 Å². The van der Waals surface area contributed by atoms with Gasteiger partial charge in [0.15, 0.2) is 0 Å². The highest BCUT2D eigenvalue weighted by molar-refractivity contribution is 5.31. The van der Waals surface area contributed by atoms with Crippen LogP contribution in [0.2, 0.25) is 0 Å². The molecule has 0 saturated carbocycles. The largest absolute Gasteiger partial charge is 0.494 e. The summed E-state index contributed by atoms with van der Waals surface area (Å²) >= 11 is 0. The molecule has 0 saturated heterocycles. The van der Waals surface area contributed by atoms with Gasteiger partial charge >= 0.3 is 0 Å². The maximum Gasteiger partial charge on any atom is 0.119 e. The van der Waals surface area contributed by atoms with Crippen LogP contribution in [0.4, 0.5) is 0 Å². The van der Waals surface area contributed by atoms with Crippen molar-refractivity contribution in [2.24, 2.45) is 5.41 Å². The van der Waals surface area contributed by atoms with E-state index in [2.05, 4.69) is 77.9 Å². The molecule has 1 rings (SSSR count). The molecule has 1 aromatic carbocycles. The Morgan fingerprint density at radius 2 is 1.50 bits per heavy atom. The standard InChI is InChI=1S/C21H37NO2/c1-20(2,3)17-21(4,5)18-9-11-19(12-10-18)24-15-8-14-23-16-13-22(6)7/h9-12H,8,13-17H2,1-7H3. The SMILES string of the molecule is CN(C)CCOCCCOc1ccc(C(C)(C)CC(C)(C)C)cc1. The van der Waals surface area contributed by atoms with Crippen LogP contribution in [0.25, 0.3) is 0 Å². The van der Waals surface area contributed by atoms with Gasteiger partial charge in [0.1, 0.15) is 5.75 Å². The van der Waals surface area contributed by atoms with Crippen molar-refractivity contribution in [3.05, 3.63) is 29.8 Å². The van der Waals surface area contributed by atoms with Crippen molar-refractivity contribution in [1.82, 2.24) is 4.90 Å². The summed E-state index contributed by atoms with van der Waals surface area (Å²) in [5.74, 6) is 0.943. The second-order valence-electron chi connectivity index (χ2n) is 8.76. The average Bonchev–Trinajstić information content (AvgIpc) is 2.44. The zero-order valence-corrected chi connectivity index (χ0v) is 16.8. The summed E-state index contributed by atoms with van der Waals surface area (Å²) in [7, 11) is 4.11. The molecule has 0 aromatic heterocycles. The lowest BCUT2D eigenvalue weighted by Gasteiger charge is -2.33. The first-order valence-electron chi connectivity index (χ1n) is 9.06. The van der Waals surface area contributed by atoms with Crippen LogP contribution >= 0.6 is 0 Å². The van der Waals surface area contributed by atoms with Gasteiger partial charge in [-0.05, 0) is 49.0 Å². The van der Waals surface area contributed by atoms with Gasteiger partial charge in [0.05, 0.1) is 13.2 Å². The maximum absolute atomic E-state index is 5.81. The molecule has 0 unspecified atom stereocenters. The molecule has 1 aromatic rings. The highest BCUT2D eigenvalue weighted by atomic mass is 16.5. The Labute approximate surface area is 149 Å². The van der Waals surface area contributed by atoms with E-state index in [1.54, 1.807) is 0 Å². The zero-order valence-electron chi connectivity index (χ0n) is 16.8. The summed E-state index contributed by atoms with van der Waals surface area (Å²) in [6.07, 6.45) is 2.08. The Balaban J connectivity index is 2.35. The first kappa shape index (κ1) is 21.0. The van der Waals surface area contributed by atoms with E-state index in [9.17, 15) is 0 Å². The van der Waals surface area contributed by atoms with Crippen LogP contribution in [0.5, 0.6) is 5.75 Å². The number of rotatable bonds is 10. The number of benzene rings is 1. The first-order valence-corrected chi connectivity index (χ1v) is 9.06. The normalized spacial score (nSPS) is 12.7. The second-order valence-corrected chi connectivity index (χ2v) is 8.76. The fraction of sp³-hybridized carbons (Fsp3) is 0.714. The van der Waals surface area contributed by atoms with Gasteiger partial charge < -0.3 is 14.4 Å². The second kappa shape index (κ2) is 9.43. The Morgan fingerprint density at radius 3 is 2.04 bits per heavy atom. The van der Waals surface area contributed by atoms with Crippen molar-refractivity contribution < 1.29 is 9.47 Å². The van der Waals surface area contributed by atoms with E-state index in [0.717, 1.165) is 38.3 Å². The van der Waals surface area contributed by atoms with E-state index in [-0.39, 0.29) is 5.41 Å². The summed E-state index contributed by atoms with van der Waals surface area (Å²) in [6.45, 7) is 14.7. The maximum atomic E-state index is 5.81. The highest BCUT2D eigenvalue weighted by Crippen LogP contribution is 2.36. The Bertz CT molecular complexity index is 458. The molecule has 0 N–H and O–H groups in total. The monoisotopic (exact) mass is 335 g/mol. The molecular weight excluding hydrogens is 298 g/mol. The van der Waals surface area contributed by atoms with Crippen LogP contribution in [0.1, 0.15) is 53.0 Å². The fourth-order valence-electron chi connectivity index (χ4n) is 3.13. The van der Waals surface area contributed by atoms with Crippen molar-refractivity contribution in [3.8, 4) is 5.75 Å². The lowest BCUT2D eigenvalue weighted by molar-refractivity contribution is 0.105. The minimum absolute atomic E-state index is 0.178. The lowest BCUT2D eigenvalue weighted by atomic mass is 9.72. The average molecular weight is 336 g/mol. The van der Waals surface area contributed by atoms with Gasteiger partial charge in [-0.2, -0.15) is 0 Å².